The van der Waals surface area contributed by atoms with Gasteiger partial charge in [-0.15, -0.1) is 0 Å². The molecule has 0 unspecified atom stereocenters. The summed E-state index contributed by atoms with van der Waals surface area (Å²) in [5.74, 6) is 0.401. The Kier molecular flexibility index (Phi) is 4.20. The lowest BCUT2D eigenvalue weighted by molar-refractivity contribution is -0.115. The quantitative estimate of drug-likeness (QED) is 0.757. The molecule has 1 amide bonds. The third-order valence-corrected chi connectivity index (χ3v) is 4.19. The molecule has 23 heavy (non-hydrogen) atoms. The summed E-state index contributed by atoms with van der Waals surface area (Å²) >= 11 is 0. The van der Waals surface area contributed by atoms with Crippen LogP contribution in [0.15, 0.2) is 54.7 Å². The van der Waals surface area contributed by atoms with E-state index in [2.05, 4.69) is 41.9 Å². The molecule has 2 aromatic carbocycles. The molecule has 0 aliphatic carbocycles. The molecule has 3 nitrogen and oxygen atoms in total. The Morgan fingerprint density at radius 1 is 1.09 bits per heavy atom. The van der Waals surface area contributed by atoms with Gasteiger partial charge in [0.1, 0.15) is 0 Å². The first-order valence-corrected chi connectivity index (χ1v) is 7.98. The number of hydrogen-bond donors (Lipinski definition) is 1. The fourth-order valence-corrected chi connectivity index (χ4v) is 3.05. The number of anilines is 1. The van der Waals surface area contributed by atoms with E-state index in [1.807, 2.05) is 43.6 Å². The fourth-order valence-electron chi connectivity index (χ4n) is 3.05. The van der Waals surface area contributed by atoms with Gasteiger partial charge in [0, 0.05) is 29.8 Å². The predicted octanol–water partition coefficient (Wildman–Crippen LogP) is 4.48. The molecule has 0 atom stereocenters. The zero-order chi connectivity index (χ0) is 16.4. The zero-order valence-corrected chi connectivity index (χ0v) is 13.8. The summed E-state index contributed by atoms with van der Waals surface area (Å²) in [5, 5.41) is 4.21. The van der Waals surface area contributed by atoms with Gasteiger partial charge in [-0.25, -0.2) is 0 Å². The van der Waals surface area contributed by atoms with Crippen LogP contribution in [0.2, 0.25) is 0 Å². The average Bonchev–Trinajstić information content (AvgIpc) is 2.84. The number of hydrogen-bond acceptors (Lipinski definition) is 1. The van der Waals surface area contributed by atoms with Gasteiger partial charge in [-0.05, 0) is 29.2 Å². The Labute approximate surface area is 136 Å². The number of nitrogens with zero attached hydrogens (tertiary/aromatic N) is 1. The third-order valence-electron chi connectivity index (χ3n) is 4.19. The van der Waals surface area contributed by atoms with Crippen molar-refractivity contribution in [1.29, 1.82) is 0 Å². The minimum Gasteiger partial charge on any atom is -0.350 e. The van der Waals surface area contributed by atoms with Crippen molar-refractivity contribution in [3.05, 3.63) is 65.9 Å². The molecule has 3 aromatic rings. The molecule has 0 saturated carbocycles. The van der Waals surface area contributed by atoms with Gasteiger partial charge in [0.2, 0.25) is 5.91 Å². The summed E-state index contributed by atoms with van der Waals surface area (Å²) < 4.78 is 2.07. The van der Waals surface area contributed by atoms with Crippen LogP contribution < -0.4 is 5.32 Å². The predicted molar refractivity (Wildman–Crippen MR) is 95.8 cm³/mol. The number of aryl methyl sites for hydroxylation is 1. The normalized spacial score (nSPS) is 11.1. The van der Waals surface area contributed by atoms with Crippen LogP contribution in [0.3, 0.4) is 0 Å². The molecular weight excluding hydrogens is 284 g/mol. The highest BCUT2D eigenvalue weighted by molar-refractivity contribution is 5.96. The lowest BCUT2D eigenvalue weighted by atomic mass is 10.0. The van der Waals surface area contributed by atoms with Crippen molar-refractivity contribution in [1.82, 2.24) is 4.57 Å². The van der Waals surface area contributed by atoms with Crippen LogP contribution in [0.1, 0.15) is 30.9 Å². The van der Waals surface area contributed by atoms with Crippen LogP contribution in [0.5, 0.6) is 0 Å². The largest absolute Gasteiger partial charge is 0.350 e. The lowest BCUT2D eigenvalue weighted by Crippen LogP contribution is -2.15. The Morgan fingerprint density at radius 2 is 1.78 bits per heavy atom. The maximum Gasteiger partial charge on any atom is 0.228 e. The Morgan fingerprint density at radius 3 is 2.57 bits per heavy atom. The average molecular weight is 306 g/mol. The highest BCUT2D eigenvalue weighted by atomic mass is 16.1. The van der Waals surface area contributed by atoms with Gasteiger partial charge in [-0.2, -0.15) is 0 Å². The molecule has 0 bridgehead atoms. The molecular formula is C20H22N2O. The number of aromatic nitrogens is 1. The molecule has 0 saturated heterocycles. The van der Waals surface area contributed by atoms with Crippen molar-refractivity contribution >= 4 is 22.5 Å². The molecule has 0 aliphatic rings. The summed E-state index contributed by atoms with van der Waals surface area (Å²) in [4.78, 5) is 12.5. The van der Waals surface area contributed by atoms with Crippen molar-refractivity contribution in [2.24, 2.45) is 7.05 Å². The van der Waals surface area contributed by atoms with Gasteiger partial charge in [0.05, 0.1) is 6.42 Å². The minimum atomic E-state index is 0.0226. The topological polar surface area (TPSA) is 34.0 Å². The van der Waals surface area contributed by atoms with Crippen LogP contribution >= 0.6 is 0 Å². The second kappa shape index (κ2) is 6.29. The van der Waals surface area contributed by atoms with Crippen LogP contribution in [-0.4, -0.2) is 10.5 Å². The first-order chi connectivity index (χ1) is 11.1. The van der Waals surface area contributed by atoms with Crippen LogP contribution in [-0.2, 0) is 18.3 Å². The number of nitrogens with one attached hydrogen (secondary N) is 1. The summed E-state index contributed by atoms with van der Waals surface area (Å²) in [7, 11) is 2.01. The number of rotatable bonds is 4. The van der Waals surface area contributed by atoms with E-state index in [1.54, 1.807) is 0 Å². The number of fused-ring (bicyclic) bond motifs is 1. The van der Waals surface area contributed by atoms with E-state index in [0.29, 0.717) is 12.3 Å². The Bertz CT molecular complexity index is 846. The maximum atomic E-state index is 12.5. The van der Waals surface area contributed by atoms with Gasteiger partial charge in [-0.3, -0.25) is 4.79 Å². The van der Waals surface area contributed by atoms with Crippen LogP contribution in [0.4, 0.5) is 5.69 Å². The summed E-state index contributed by atoms with van der Waals surface area (Å²) in [6, 6.07) is 16.2. The third kappa shape index (κ3) is 3.14. The lowest BCUT2D eigenvalue weighted by Gasteiger charge is -2.13. The maximum absolute atomic E-state index is 12.5. The van der Waals surface area contributed by atoms with E-state index in [4.69, 9.17) is 0 Å². The zero-order valence-electron chi connectivity index (χ0n) is 13.8. The molecule has 1 heterocycles. The number of carbonyl (C=O) groups is 1. The van der Waals surface area contributed by atoms with E-state index in [1.165, 1.54) is 5.56 Å². The summed E-state index contributed by atoms with van der Waals surface area (Å²) in [6.07, 6.45) is 2.42. The van der Waals surface area contributed by atoms with Crippen molar-refractivity contribution in [2.75, 3.05) is 5.32 Å². The number of para-hydroxylation sites is 2. The van der Waals surface area contributed by atoms with E-state index < -0.39 is 0 Å². The molecule has 3 heteroatoms. The van der Waals surface area contributed by atoms with E-state index in [9.17, 15) is 4.79 Å². The van der Waals surface area contributed by atoms with E-state index >= 15 is 0 Å². The first-order valence-electron chi connectivity index (χ1n) is 7.98. The van der Waals surface area contributed by atoms with Gasteiger partial charge in [-0.1, -0.05) is 50.2 Å². The Hall–Kier alpha value is -2.55. The van der Waals surface area contributed by atoms with Crippen molar-refractivity contribution in [2.45, 2.75) is 26.2 Å². The molecule has 118 valence electrons. The van der Waals surface area contributed by atoms with Crippen LogP contribution in [0, 0.1) is 0 Å². The molecule has 0 aliphatic heterocycles. The minimum absolute atomic E-state index is 0.0226. The highest BCUT2D eigenvalue weighted by Gasteiger charge is 2.12. The molecule has 1 N–H and O–H groups in total. The summed E-state index contributed by atoms with van der Waals surface area (Å²) in [5.41, 5.74) is 4.28. The highest BCUT2D eigenvalue weighted by Crippen LogP contribution is 2.25. The molecule has 0 radical (unpaired) electrons. The second-order valence-electron chi connectivity index (χ2n) is 6.25. The first kappa shape index (κ1) is 15.3. The van der Waals surface area contributed by atoms with Gasteiger partial charge < -0.3 is 9.88 Å². The molecule has 1 aromatic heterocycles. The monoisotopic (exact) mass is 306 g/mol. The molecule has 0 fully saturated rings. The van der Waals surface area contributed by atoms with Gasteiger partial charge in [0.15, 0.2) is 0 Å². The Balaban J connectivity index is 1.82. The SMILES string of the molecule is CC(C)c1ccccc1NC(=O)Cc1cn(C)c2ccccc12. The second-order valence-corrected chi connectivity index (χ2v) is 6.25. The standard InChI is InChI=1S/C20H22N2O/c1-14(2)16-8-4-6-10-18(16)21-20(23)12-15-13-22(3)19-11-7-5-9-17(15)19/h4-11,13-14H,12H2,1-3H3,(H,21,23). The molecule has 0 spiro atoms. The number of carbonyl (C=O) groups excluding carboxylic acids is 1. The fraction of sp³-hybridized carbons (Fsp3) is 0.250. The number of benzene rings is 2. The van der Waals surface area contributed by atoms with Crippen molar-refractivity contribution in [3.8, 4) is 0 Å². The van der Waals surface area contributed by atoms with Crippen molar-refractivity contribution < 1.29 is 4.79 Å². The van der Waals surface area contributed by atoms with Crippen LogP contribution in [0.25, 0.3) is 10.9 Å². The number of amides is 1. The van der Waals surface area contributed by atoms with Crippen molar-refractivity contribution in [3.63, 3.8) is 0 Å². The molecule has 3 rings (SSSR count). The van der Waals surface area contributed by atoms with E-state index in [0.717, 1.165) is 22.2 Å². The van der Waals surface area contributed by atoms with E-state index in [-0.39, 0.29) is 5.91 Å². The van der Waals surface area contributed by atoms with Gasteiger partial charge in [0.25, 0.3) is 0 Å². The smallest absolute Gasteiger partial charge is 0.228 e. The summed E-state index contributed by atoms with van der Waals surface area (Å²) in [6.45, 7) is 4.27. The van der Waals surface area contributed by atoms with Gasteiger partial charge >= 0.3 is 0 Å².